The van der Waals surface area contributed by atoms with Gasteiger partial charge in [-0.25, -0.2) is 4.79 Å². The second-order valence-electron chi connectivity index (χ2n) is 7.90. The molecule has 0 aliphatic carbocycles. The van der Waals surface area contributed by atoms with Crippen LogP contribution >= 0.6 is 0 Å². The number of alkyl carbamates (subject to hydrolysis) is 1. The van der Waals surface area contributed by atoms with Crippen LogP contribution < -0.4 is 5.32 Å². The number of hydrogen-bond donors (Lipinski definition) is 2. The van der Waals surface area contributed by atoms with Crippen LogP contribution in [-0.2, 0) is 16.1 Å². The van der Waals surface area contributed by atoms with E-state index < -0.39 is 6.09 Å². The summed E-state index contributed by atoms with van der Waals surface area (Å²) in [6, 6.07) is 9.58. The van der Waals surface area contributed by atoms with E-state index in [9.17, 15) is 9.59 Å². The van der Waals surface area contributed by atoms with Gasteiger partial charge in [0.1, 0.15) is 18.9 Å². The van der Waals surface area contributed by atoms with Crippen LogP contribution in [0.3, 0.4) is 0 Å². The quantitative estimate of drug-likeness (QED) is 0.354. The van der Waals surface area contributed by atoms with Crippen molar-refractivity contribution in [1.82, 2.24) is 5.32 Å². The van der Waals surface area contributed by atoms with Gasteiger partial charge in [0.15, 0.2) is 0 Å². The highest BCUT2D eigenvalue weighted by molar-refractivity contribution is 5.78. The molecule has 0 atom stereocenters. The molecule has 0 saturated carbocycles. The van der Waals surface area contributed by atoms with E-state index in [0.29, 0.717) is 25.2 Å². The van der Waals surface area contributed by atoms with Gasteiger partial charge in [0, 0.05) is 19.4 Å². The minimum absolute atomic E-state index is 0.200. The molecule has 0 saturated heterocycles. The molecule has 1 rings (SSSR count). The van der Waals surface area contributed by atoms with E-state index in [1.165, 1.54) is 0 Å². The molecule has 1 amide bonds. The first-order valence-corrected chi connectivity index (χ1v) is 10.3. The van der Waals surface area contributed by atoms with Crippen molar-refractivity contribution in [1.29, 1.82) is 0 Å². The van der Waals surface area contributed by atoms with Crippen molar-refractivity contribution >= 4 is 11.9 Å². The van der Waals surface area contributed by atoms with E-state index in [1.807, 2.05) is 30.3 Å². The highest BCUT2D eigenvalue weighted by Crippen LogP contribution is 2.08. The number of aliphatic hydroxyl groups is 1. The summed E-state index contributed by atoms with van der Waals surface area (Å²) >= 11 is 0. The van der Waals surface area contributed by atoms with Crippen molar-refractivity contribution in [3.8, 4) is 0 Å². The molecular weight excluding hydrogens is 356 g/mol. The van der Waals surface area contributed by atoms with Gasteiger partial charge in [0.05, 0.1) is 27.2 Å². The second-order valence-corrected chi connectivity index (χ2v) is 7.90. The van der Waals surface area contributed by atoms with Crippen molar-refractivity contribution in [2.24, 2.45) is 0 Å². The number of likely N-dealkylation sites (N-methyl/N-ethyl adjacent to an activating group) is 1. The topological polar surface area (TPSA) is 75.6 Å². The van der Waals surface area contributed by atoms with Crippen LogP contribution in [0.1, 0.15) is 50.5 Å². The van der Waals surface area contributed by atoms with Gasteiger partial charge in [0.25, 0.3) is 0 Å². The third-order valence-corrected chi connectivity index (χ3v) is 4.79. The molecule has 28 heavy (non-hydrogen) atoms. The summed E-state index contributed by atoms with van der Waals surface area (Å²) in [6.07, 6.45) is 5.42. The SMILES string of the molecule is C[N+](C)(CCO)CCCCC(=O)CCCCCNC(=O)OCc1ccccc1. The number of amides is 1. The fraction of sp³-hybridized carbons (Fsp3) is 0.636. The average molecular weight is 394 g/mol. The Morgan fingerprint density at radius 3 is 2.32 bits per heavy atom. The molecule has 0 aliphatic heterocycles. The maximum atomic E-state index is 11.9. The number of aliphatic hydroxyl groups excluding tert-OH is 1. The van der Waals surface area contributed by atoms with Crippen molar-refractivity contribution in [3.63, 3.8) is 0 Å². The Morgan fingerprint density at radius 2 is 1.64 bits per heavy atom. The number of nitrogens with zero attached hydrogens (tertiary/aromatic N) is 1. The summed E-state index contributed by atoms with van der Waals surface area (Å²) in [5.74, 6) is 0.322. The lowest BCUT2D eigenvalue weighted by Crippen LogP contribution is -2.42. The molecule has 6 heteroatoms. The zero-order valence-corrected chi connectivity index (χ0v) is 17.5. The van der Waals surface area contributed by atoms with Gasteiger partial charge >= 0.3 is 6.09 Å². The Morgan fingerprint density at radius 1 is 0.964 bits per heavy atom. The predicted molar refractivity (Wildman–Crippen MR) is 111 cm³/mol. The number of carbonyl (C=O) groups is 2. The highest BCUT2D eigenvalue weighted by Gasteiger charge is 2.13. The molecule has 0 aliphatic rings. The molecule has 0 radical (unpaired) electrons. The molecule has 1 aromatic rings. The van der Waals surface area contributed by atoms with Crippen LogP contribution in [0.5, 0.6) is 0 Å². The van der Waals surface area contributed by atoms with Gasteiger partial charge in [0.2, 0.25) is 0 Å². The van der Waals surface area contributed by atoms with Gasteiger partial charge in [-0.2, -0.15) is 0 Å². The Balaban J connectivity index is 1.94. The smallest absolute Gasteiger partial charge is 0.407 e. The number of rotatable bonds is 15. The fourth-order valence-electron chi connectivity index (χ4n) is 2.96. The minimum Gasteiger partial charge on any atom is -0.445 e. The Hall–Kier alpha value is -1.92. The first-order chi connectivity index (χ1) is 13.4. The van der Waals surface area contributed by atoms with E-state index in [4.69, 9.17) is 9.84 Å². The number of ketones is 1. The van der Waals surface area contributed by atoms with Gasteiger partial charge < -0.3 is 19.6 Å². The van der Waals surface area contributed by atoms with Gasteiger partial charge in [-0.1, -0.05) is 36.8 Å². The summed E-state index contributed by atoms with van der Waals surface area (Å²) in [6.45, 7) is 2.78. The average Bonchev–Trinajstić information content (AvgIpc) is 2.67. The van der Waals surface area contributed by atoms with Crippen LogP contribution in [0, 0.1) is 0 Å². The zero-order chi connectivity index (χ0) is 20.7. The molecular formula is C22H37N2O4+. The van der Waals surface area contributed by atoms with Crippen LogP contribution in [-0.4, -0.2) is 61.8 Å². The third kappa shape index (κ3) is 12.5. The minimum atomic E-state index is -0.401. The van der Waals surface area contributed by atoms with Crippen LogP contribution in [0.15, 0.2) is 30.3 Å². The number of quaternary nitrogens is 1. The first kappa shape index (κ1) is 24.1. The summed E-state index contributed by atoms with van der Waals surface area (Å²) in [4.78, 5) is 23.5. The molecule has 2 N–H and O–H groups in total. The maximum absolute atomic E-state index is 11.9. The third-order valence-electron chi connectivity index (χ3n) is 4.79. The predicted octanol–water partition coefficient (Wildman–Crippen LogP) is 3.28. The number of ether oxygens (including phenoxy) is 1. The molecule has 0 aromatic heterocycles. The molecule has 6 nitrogen and oxygen atoms in total. The van der Waals surface area contributed by atoms with E-state index in [2.05, 4.69) is 19.4 Å². The zero-order valence-electron chi connectivity index (χ0n) is 17.5. The normalized spacial score (nSPS) is 11.2. The molecule has 158 valence electrons. The maximum Gasteiger partial charge on any atom is 0.407 e. The van der Waals surface area contributed by atoms with Crippen molar-refractivity contribution in [2.75, 3.05) is 40.3 Å². The van der Waals surface area contributed by atoms with E-state index in [1.54, 1.807) is 0 Å². The Kier molecular flexibility index (Phi) is 12.2. The largest absolute Gasteiger partial charge is 0.445 e. The molecule has 0 heterocycles. The molecule has 0 bridgehead atoms. The number of Topliss-reactive ketones (excluding diaryl/α,β-unsaturated/α-hetero) is 1. The summed E-state index contributed by atoms with van der Waals surface area (Å²) in [7, 11) is 4.20. The number of hydrogen-bond acceptors (Lipinski definition) is 4. The van der Waals surface area contributed by atoms with Crippen molar-refractivity contribution < 1.29 is 23.9 Å². The summed E-state index contributed by atoms with van der Waals surface area (Å²) in [5.41, 5.74) is 0.965. The second kappa shape index (κ2) is 14.1. The van der Waals surface area contributed by atoms with Crippen LogP contribution in [0.25, 0.3) is 0 Å². The first-order valence-electron chi connectivity index (χ1n) is 10.3. The van der Waals surface area contributed by atoms with Gasteiger partial charge in [-0.15, -0.1) is 0 Å². The number of unbranched alkanes of at least 4 members (excludes halogenated alkanes) is 3. The van der Waals surface area contributed by atoms with Crippen molar-refractivity contribution in [2.45, 2.75) is 51.6 Å². The monoisotopic (exact) mass is 393 g/mol. The lowest BCUT2D eigenvalue weighted by Gasteiger charge is -2.28. The molecule has 0 spiro atoms. The van der Waals surface area contributed by atoms with Gasteiger partial charge in [-0.05, 0) is 31.2 Å². The van der Waals surface area contributed by atoms with Crippen LogP contribution in [0.4, 0.5) is 4.79 Å². The molecule has 0 unspecified atom stereocenters. The fourth-order valence-corrected chi connectivity index (χ4v) is 2.96. The number of carbonyl (C=O) groups excluding carboxylic acids is 2. The number of benzene rings is 1. The van der Waals surface area contributed by atoms with Crippen LogP contribution in [0.2, 0.25) is 0 Å². The summed E-state index contributed by atoms with van der Waals surface area (Å²) in [5, 5.41) is 11.8. The lowest BCUT2D eigenvalue weighted by atomic mass is 10.1. The Bertz CT molecular complexity index is 561. The highest BCUT2D eigenvalue weighted by atomic mass is 16.5. The Labute approximate surface area is 169 Å². The van der Waals surface area contributed by atoms with Gasteiger partial charge in [-0.3, -0.25) is 4.79 Å². The number of nitrogens with one attached hydrogen (secondary N) is 1. The molecule has 1 aromatic carbocycles. The lowest BCUT2D eigenvalue weighted by molar-refractivity contribution is -0.890. The van der Waals surface area contributed by atoms with E-state index >= 15 is 0 Å². The summed E-state index contributed by atoms with van der Waals surface area (Å²) < 4.78 is 5.94. The standard InChI is InChI=1S/C22H36N2O4/c1-24(2,17-18-25)16-10-8-14-21(26)13-7-4-9-15-23-22(27)28-19-20-11-5-3-6-12-20/h3,5-6,11-12,25H,4,7-10,13-19H2,1-2H3/p+1. The van der Waals surface area contributed by atoms with E-state index in [-0.39, 0.29) is 13.2 Å². The van der Waals surface area contributed by atoms with Crippen molar-refractivity contribution in [3.05, 3.63) is 35.9 Å². The molecule has 0 fully saturated rings. The van der Waals surface area contributed by atoms with E-state index in [0.717, 1.165) is 55.2 Å².